The Labute approximate surface area is 106 Å². The summed E-state index contributed by atoms with van der Waals surface area (Å²) in [5.41, 5.74) is 0.947. The van der Waals surface area contributed by atoms with E-state index >= 15 is 0 Å². The normalized spacial score (nSPS) is 20.8. The van der Waals surface area contributed by atoms with Crippen LogP contribution in [0.25, 0.3) is 10.9 Å². The number of benzene rings is 1. The van der Waals surface area contributed by atoms with Crippen LogP contribution in [0.5, 0.6) is 0 Å². The summed E-state index contributed by atoms with van der Waals surface area (Å²) in [7, 11) is 0. The zero-order valence-corrected chi connectivity index (χ0v) is 10.8. The molecule has 1 unspecified atom stereocenters. The summed E-state index contributed by atoms with van der Waals surface area (Å²) >= 11 is 9.67. The third-order valence-electron chi connectivity index (χ3n) is 2.81. The van der Waals surface area contributed by atoms with Crippen molar-refractivity contribution in [1.29, 1.82) is 0 Å². The number of halogens is 2. The SMILES string of the molecule is Clc1cccc2c(Br)nn(C3CCCO3)c12. The number of rotatable bonds is 1. The molecule has 0 spiro atoms. The lowest BCUT2D eigenvalue weighted by atomic mass is 10.2. The summed E-state index contributed by atoms with van der Waals surface area (Å²) in [4.78, 5) is 0. The van der Waals surface area contributed by atoms with Gasteiger partial charge in [0.2, 0.25) is 0 Å². The smallest absolute Gasteiger partial charge is 0.151 e. The van der Waals surface area contributed by atoms with E-state index in [4.69, 9.17) is 16.3 Å². The quantitative estimate of drug-likeness (QED) is 0.802. The molecule has 0 radical (unpaired) electrons. The molecule has 5 heteroatoms. The average Bonchev–Trinajstić information content (AvgIpc) is 2.87. The van der Waals surface area contributed by atoms with E-state index in [0.717, 1.165) is 35.0 Å². The van der Waals surface area contributed by atoms with Gasteiger partial charge in [0.15, 0.2) is 6.23 Å². The molecule has 0 aliphatic carbocycles. The number of aromatic nitrogens is 2. The summed E-state index contributed by atoms with van der Waals surface area (Å²) in [6.07, 6.45) is 2.09. The molecule has 2 aromatic rings. The molecule has 3 rings (SSSR count). The van der Waals surface area contributed by atoms with Gasteiger partial charge in [-0.2, -0.15) is 5.10 Å². The Balaban J connectivity index is 2.24. The summed E-state index contributed by atoms with van der Waals surface area (Å²) < 4.78 is 8.34. The molecule has 3 nitrogen and oxygen atoms in total. The van der Waals surface area contributed by atoms with E-state index in [1.165, 1.54) is 0 Å². The lowest BCUT2D eigenvalue weighted by Gasteiger charge is -2.11. The number of fused-ring (bicyclic) bond motifs is 1. The standard InChI is InChI=1S/C11H10BrClN2O/c12-11-7-3-1-4-8(13)10(7)15(14-11)9-5-2-6-16-9/h1,3-4,9H,2,5-6H2. The lowest BCUT2D eigenvalue weighted by molar-refractivity contribution is 0.0501. The van der Waals surface area contributed by atoms with E-state index in [1.54, 1.807) is 0 Å². The molecule has 84 valence electrons. The minimum Gasteiger partial charge on any atom is -0.356 e. The Hall–Kier alpha value is -0.580. The molecular formula is C11H10BrClN2O. The van der Waals surface area contributed by atoms with Crippen LogP contribution in [-0.4, -0.2) is 16.4 Å². The minimum absolute atomic E-state index is 0.0219. The van der Waals surface area contributed by atoms with Crippen LogP contribution in [0.3, 0.4) is 0 Å². The fourth-order valence-electron chi connectivity index (χ4n) is 2.08. The van der Waals surface area contributed by atoms with Gasteiger partial charge in [-0.1, -0.05) is 17.7 Å². The Kier molecular flexibility index (Phi) is 2.65. The second-order valence-corrected chi connectivity index (χ2v) is 5.00. The first kappa shape index (κ1) is 10.6. The maximum atomic E-state index is 6.22. The van der Waals surface area contributed by atoms with Crippen LogP contribution in [0.1, 0.15) is 19.1 Å². The van der Waals surface area contributed by atoms with Gasteiger partial charge in [0.1, 0.15) is 4.60 Å². The van der Waals surface area contributed by atoms with Crippen LogP contribution in [0.4, 0.5) is 0 Å². The Morgan fingerprint density at radius 1 is 1.50 bits per heavy atom. The van der Waals surface area contributed by atoms with Gasteiger partial charge in [-0.05, 0) is 40.9 Å². The summed E-state index contributed by atoms with van der Waals surface area (Å²) in [6.45, 7) is 0.800. The van der Waals surface area contributed by atoms with Crippen LogP contribution < -0.4 is 0 Å². The van der Waals surface area contributed by atoms with E-state index in [0.29, 0.717) is 5.02 Å². The van der Waals surface area contributed by atoms with Gasteiger partial charge < -0.3 is 4.74 Å². The number of ether oxygens (including phenoxy) is 1. The maximum Gasteiger partial charge on any atom is 0.151 e. The Bertz CT molecular complexity index is 534. The second-order valence-electron chi connectivity index (χ2n) is 3.84. The van der Waals surface area contributed by atoms with Gasteiger partial charge >= 0.3 is 0 Å². The number of hydrogen-bond donors (Lipinski definition) is 0. The first-order valence-electron chi connectivity index (χ1n) is 5.21. The number of hydrogen-bond acceptors (Lipinski definition) is 2. The van der Waals surface area contributed by atoms with Gasteiger partial charge in [0, 0.05) is 12.0 Å². The predicted octanol–water partition coefficient (Wildman–Crippen LogP) is 3.76. The van der Waals surface area contributed by atoms with Gasteiger partial charge in [-0.15, -0.1) is 0 Å². The zero-order valence-electron chi connectivity index (χ0n) is 8.49. The molecule has 1 aromatic carbocycles. The van der Waals surface area contributed by atoms with Crippen molar-refractivity contribution >= 4 is 38.4 Å². The molecule has 1 saturated heterocycles. The molecule has 1 fully saturated rings. The van der Waals surface area contributed by atoms with Crippen molar-refractivity contribution in [2.75, 3.05) is 6.61 Å². The van der Waals surface area contributed by atoms with E-state index in [-0.39, 0.29) is 6.23 Å². The van der Waals surface area contributed by atoms with E-state index in [2.05, 4.69) is 21.0 Å². The molecule has 1 aliphatic heterocycles. The Morgan fingerprint density at radius 3 is 3.12 bits per heavy atom. The van der Waals surface area contributed by atoms with E-state index in [9.17, 15) is 0 Å². The third kappa shape index (κ3) is 1.56. The molecule has 0 N–H and O–H groups in total. The maximum absolute atomic E-state index is 6.22. The topological polar surface area (TPSA) is 27.1 Å². The fourth-order valence-corrected chi connectivity index (χ4v) is 2.83. The molecule has 16 heavy (non-hydrogen) atoms. The third-order valence-corrected chi connectivity index (χ3v) is 3.70. The van der Waals surface area contributed by atoms with Crippen LogP contribution in [0.15, 0.2) is 22.8 Å². The molecule has 1 atom stereocenters. The van der Waals surface area contributed by atoms with Gasteiger partial charge in [0.05, 0.1) is 10.5 Å². The molecule has 2 heterocycles. The Morgan fingerprint density at radius 2 is 2.38 bits per heavy atom. The molecule has 0 bridgehead atoms. The van der Waals surface area contributed by atoms with E-state index in [1.807, 2.05) is 22.9 Å². The first-order chi connectivity index (χ1) is 7.77. The highest BCUT2D eigenvalue weighted by molar-refractivity contribution is 9.10. The summed E-state index contributed by atoms with van der Waals surface area (Å²) in [6, 6.07) is 5.81. The predicted molar refractivity (Wildman–Crippen MR) is 66.7 cm³/mol. The van der Waals surface area contributed by atoms with Crippen LogP contribution in [0, 0.1) is 0 Å². The van der Waals surface area contributed by atoms with Crippen LogP contribution in [0.2, 0.25) is 5.02 Å². The van der Waals surface area contributed by atoms with Crippen molar-refractivity contribution in [1.82, 2.24) is 9.78 Å². The van der Waals surface area contributed by atoms with E-state index < -0.39 is 0 Å². The lowest BCUT2D eigenvalue weighted by Crippen LogP contribution is -2.08. The second kappa shape index (κ2) is 4.02. The number of para-hydroxylation sites is 1. The first-order valence-corrected chi connectivity index (χ1v) is 6.38. The number of nitrogens with zero attached hydrogens (tertiary/aromatic N) is 2. The highest BCUT2D eigenvalue weighted by Gasteiger charge is 2.22. The zero-order chi connectivity index (χ0) is 11.1. The van der Waals surface area contributed by atoms with Crippen LogP contribution in [-0.2, 0) is 4.74 Å². The summed E-state index contributed by atoms with van der Waals surface area (Å²) in [5, 5.41) is 6.20. The monoisotopic (exact) mass is 300 g/mol. The van der Waals surface area contributed by atoms with Crippen LogP contribution >= 0.6 is 27.5 Å². The molecule has 1 aliphatic rings. The van der Waals surface area contributed by atoms with Crippen molar-refractivity contribution in [3.63, 3.8) is 0 Å². The largest absolute Gasteiger partial charge is 0.356 e. The van der Waals surface area contributed by atoms with Crippen molar-refractivity contribution < 1.29 is 4.74 Å². The molecule has 1 aromatic heterocycles. The van der Waals surface area contributed by atoms with Gasteiger partial charge in [0.25, 0.3) is 0 Å². The minimum atomic E-state index is 0.0219. The average molecular weight is 302 g/mol. The highest BCUT2D eigenvalue weighted by Crippen LogP contribution is 2.34. The highest BCUT2D eigenvalue weighted by atomic mass is 79.9. The van der Waals surface area contributed by atoms with Gasteiger partial charge in [-0.25, -0.2) is 4.68 Å². The van der Waals surface area contributed by atoms with Crippen molar-refractivity contribution in [2.45, 2.75) is 19.1 Å². The van der Waals surface area contributed by atoms with Gasteiger partial charge in [-0.3, -0.25) is 0 Å². The van der Waals surface area contributed by atoms with Crippen molar-refractivity contribution in [2.24, 2.45) is 0 Å². The molecule has 0 amide bonds. The van der Waals surface area contributed by atoms with Crippen molar-refractivity contribution in [3.8, 4) is 0 Å². The fraction of sp³-hybridized carbons (Fsp3) is 0.364. The summed E-state index contributed by atoms with van der Waals surface area (Å²) in [5.74, 6) is 0. The van der Waals surface area contributed by atoms with Crippen molar-refractivity contribution in [3.05, 3.63) is 27.8 Å². The molecular weight excluding hydrogens is 291 g/mol. The molecule has 0 saturated carbocycles.